The van der Waals surface area contributed by atoms with Crippen LogP contribution in [-0.2, 0) is 6.54 Å². The van der Waals surface area contributed by atoms with Gasteiger partial charge in [-0.3, -0.25) is 9.88 Å². The lowest BCUT2D eigenvalue weighted by atomic mass is 9.94. The van der Waals surface area contributed by atoms with Crippen LogP contribution in [0.1, 0.15) is 31.9 Å². The first kappa shape index (κ1) is 18.1. The highest BCUT2D eigenvalue weighted by Gasteiger charge is 2.19. The Kier molecular flexibility index (Phi) is 4.64. The number of pyridine rings is 1. The van der Waals surface area contributed by atoms with Gasteiger partial charge in [-0.1, -0.05) is 31.5 Å². The van der Waals surface area contributed by atoms with Gasteiger partial charge in [-0.2, -0.15) is 9.61 Å². The summed E-state index contributed by atoms with van der Waals surface area (Å²) in [5, 5.41) is 5.58. The molecule has 29 heavy (non-hydrogen) atoms. The number of nitrogen functional groups attached to an aromatic ring is 1. The molecule has 0 spiro atoms. The molecule has 1 aliphatic rings. The molecule has 6 nitrogen and oxygen atoms in total. The Balaban J connectivity index is 1.49. The van der Waals surface area contributed by atoms with Crippen LogP contribution in [0.15, 0.2) is 48.8 Å². The quantitative estimate of drug-likeness (QED) is 0.570. The fourth-order valence-electron chi connectivity index (χ4n) is 4.32. The number of fused-ring (bicyclic) bond motifs is 2. The van der Waals surface area contributed by atoms with Gasteiger partial charge < -0.3 is 5.73 Å². The maximum Gasteiger partial charge on any atom is 0.165 e. The number of hydrogen-bond acceptors (Lipinski definition) is 5. The maximum atomic E-state index is 6.31. The molecule has 0 amide bonds. The average molecular weight is 387 g/mol. The van der Waals surface area contributed by atoms with E-state index in [0.29, 0.717) is 5.82 Å². The molecule has 4 heterocycles. The van der Waals surface area contributed by atoms with Crippen molar-refractivity contribution in [2.24, 2.45) is 5.92 Å². The van der Waals surface area contributed by atoms with E-state index in [2.05, 4.69) is 34.0 Å². The van der Waals surface area contributed by atoms with Gasteiger partial charge in [0, 0.05) is 35.3 Å². The number of para-hydroxylation sites is 1. The number of anilines is 1. The molecule has 0 atom stereocenters. The van der Waals surface area contributed by atoms with Crippen molar-refractivity contribution < 1.29 is 0 Å². The summed E-state index contributed by atoms with van der Waals surface area (Å²) in [6.07, 6.45) is 7.55. The van der Waals surface area contributed by atoms with Crippen molar-refractivity contribution in [3.63, 3.8) is 0 Å². The fraction of sp³-hybridized carbons (Fsp3) is 0.348. The zero-order valence-electron chi connectivity index (χ0n) is 16.8. The SMILES string of the molecule is CCC1CCN(Cc2cc(N)n3ncc(-c4cnc5ccccc5c4)c3n2)CC1. The second-order valence-corrected chi connectivity index (χ2v) is 8.01. The number of rotatable bonds is 4. The van der Waals surface area contributed by atoms with Crippen LogP contribution in [0.4, 0.5) is 5.82 Å². The van der Waals surface area contributed by atoms with Crippen molar-refractivity contribution in [2.45, 2.75) is 32.7 Å². The Labute approximate surface area is 170 Å². The minimum atomic E-state index is 0.619. The van der Waals surface area contributed by atoms with E-state index in [1.54, 1.807) is 4.52 Å². The zero-order valence-corrected chi connectivity index (χ0v) is 16.8. The Bertz CT molecular complexity index is 1160. The summed E-state index contributed by atoms with van der Waals surface area (Å²) in [6, 6.07) is 12.2. The summed E-state index contributed by atoms with van der Waals surface area (Å²) in [5.41, 5.74) is 11.1. The van der Waals surface area contributed by atoms with Crippen LogP contribution in [0.5, 0.6) is 0 Å². The molecule has 0 unspecified atom stereocenters. The van der Waals surface area contributed by atoms with Crippen LogP contribution in [0.25, 0.3) is 27.7 Å². The average Bonchev–Trinajstić information content (AvgIpc) is 3.18. The maximum absolute atomic E-state index is 6.31. The Morgan fingerprint density at radius 2 is 1.93 bits per heavy atom. The summed E-state index contributed by atoms with van der Waals surface area (Å²) < 4.78 is 1.72. The first-order valence-electron chi connectivity index (χ1n) is 10.4. The number of aromatic nitrogens is 4. The van der Waals surface area contributed by atoms with Crippen LogP contribution in [-0.4, -0.2) is 37.6 Å². The molecule has 6 heteroatoms. The highest BCUT2D eigenvalue weighted by atomic mass is 15.3. The smallest absolute Gasteiger partial charge is 0.165 e. The van der Waals surface area contributed by atoms with E-state index in [9.17, 15) is 0 Å². The summed E-state index contributed by atoms with van der Waals surface area (Å²) >= 11 is 0. The molecule has 148 valence electrons. The number of benzene rings is 1. The predicted molar refractivity (Wildman–Crippen MR) is 116 cm³/mol. The third-order valence-electron chi connectivity index (χ3n) is 6.12. The van der Waals surface area contributed by atoms with Crippen molar-refractivity contribution >= 4 is 22.4 Å². The summed E-state index contributed by atoms with van der Waals surface area (Å²) in [5.74, 6) is 1.49. The Hall–Kier alpha value is -2.99. The highest BCUT2D eigenvalue weighted by Crippen LogP contribution is 2.28. The largest absolute Gasteiger partial charge is 0.384 e. The summed E-state index contributed by atoms with van der Waals surface area (Å²) in [7, 11) is 0. The number of piperidine rings is 1. The van der Waals surface area contributed by atoms with Gasteiger partial charge in [-0.25, -0.2) is 4.98 Å². The van der Waals surface area contributed by atoms with Gasteiger partial charge in [0.2, 0.25) is 0 Å². The van der Waals surface area contributed by atoms with Gasteiger partial charge in [-0.05, 0) is 44.0 Å². The minimum Gasteiger partial charge on any atom is -0.384 e. The van der Waals surface area contributed by atoms with E-state index in [1.165, 1.54) is 19.3 Å². The van der Waals surface area contributed by atoms with E-state index in [-0.39, 0.29) is 0 Å². The first-order valence-corrected chi connectivity index (χ1v) is 10.4. The molecule has 0 radical (unpaired) electrons. The lowest BCUT2D eigenvalue weighted by molar-refractivity contribution is 0.173. The van der Waals surface area contributed by atoms with Crippen LogP contribution < -0.4 is 5.73 Å². The molecule has 1 fully saturated rings. The van der Waals surface area contributed by atoms with Gasteiger partial charge >= 0.3 is 0 Å². The van der Waals surface area contributed by atoms with Gasteiger partial charge in [0.1, 0.15) is 5.82 Å². The molecular formula is C23H26N6. The molecule has 1 aliphatic heterocycles. The van der Waals surface area contributed by atoms with Gasteiger partial charge in [-0.15, -0.1) is 0 Å². The standard InChI is InChI=1S/C23H26N6/c1-2-16-7-9-28(10-8-16)15-19-12-22(24)29-23(27-19)20(14-26-29)18-11-17-5-3-4-6-21(17)25-13-18/h3-6,11-14,16H,2,7-10,15,24H2,1H3. The lowest BCUT2D eigenvalue weighted by Crippen LogP contribution is -2.33. The third kappa shape index (κ3) is 3.44. The number of hydrogen-bond donors (Lipinski definition) is 1. The van der Waals surface area contributed by atoms with E-state index < -0.39 is 0 Å². The molecule has 5 rings (SSSR count). The van der Waals surface area contributed by atoms with E-state index in [1.807, 2.05) is 36.7 Å². The molecule has 4 aromatic rings. The number of nitrogens with zero attached hydrogens (tertiary/aromatic N) is 5. The van der Waals surface area contributed by atoms with Crippen LogP contribution in [0, 0.1) is 5.92 Å². The molecule has 2 N–H and O–H groups in total. The molecule has 3 aromatic heterocycles. The zero-order chi connectivity index (χ0) is 19.8. The van der Waals surface area contributed by atoms with Crippen LogP contribution >= 0.6 is 0 Å². The molecule has 1 aromatic carbocycles. The van der Waals surface area contributed by atoms with Crippen molar-refractivity contribution in [3.05, 3.63) is 54.5 Å². The molecule has 0 saturated carbocycles. The topological polar surface area (TPSA) is 72.3 Å². The van der Waals surface area contributed by atoms with Crippen LogP contribution in [0.3, 0.4) is 0 Å². The molecular weight excluding hydrogens is 360 g/mol. The van der Waals surface area contributed by atoms with E-state index in [0.717, 1.165) is 58.9 Å². The molecule has 0 bridgehead atoms. The van der Waals surface area contributed by atoms with Crippen molar-refractivity contribution in [3.8, 4) is 11.1 Å². The third-order valence-corrected chi connectivity index (χ3v) is 6.12. The van der Waals surface area contributed by atoms with Gasteiger partial charge in [0.25, 0.3) is 0 Å². The second-order valence-electron chi connectivity index (χ2n) is 8.01. The monoisotopic (exact) mass is 386 g/mol. The van der Waals surface area contributed by atoms with Crippen molar-refractivity contribution in [1.29, 1.82) is 0 Å². The van der Waals surface area contributed by atoms with Crippen molar-refractivity contribution in [1.82, 2.24) is 24.5 Å². The van der Waals surface area contributed by atoms with Gasteiger partial charge in [0.05, 0.1) is 17.4 Å². The summed E-state index contributed by atoms with van der Waals surface area (Å²) in [6.45, 7) is 5.38. The Morgan fingerprint density at radius 1 is 1.10 bits per heavy atom. The second kappa shape index (κ2) is 7.44. The number of likely N-dealkylation sites (tertiary alicyclic amines) is 1. The predicted octanol–water partition coefficient (Wildman–Crippen LogP) is 4.15. The highest BCUT2D eigenvalue weighted by molar-refractivity contribution is 5.86. The van der Waals surface area contributed by atoms with E-state index in [4.69, 9.17) is 10.7 Å². The Morgan fingerprint density at radius 3 is 2.76 bits per heavy atom. The summed E-state index contributed by atoms with van der Waals surface area (Å²) in [4.78, 5) is 12.0. The van der Waals surface area contributed by atoms with Gasteiger partial charge in [0.15, 0.2) is 5.65 Å². The normalized spacial score (nSPS) is 16.0. The van der Waals surface area contributed by atoms with Crippen molar-refractivity contribution in [2.75, 3.05) is 18.8 Å². The van der Waals surface area contributed by atoms with E-state index >= 15 is 0 Å². The lowest BCUT2D eigenvalue weighted by Gasteiger charge is -2.31. The van der Waals surface area contributed by atoms with Crippen LogP contribution in [0.2, 0.25) is 0 Å². The molecule has 0 aliphatic carbocycles. The number of nitrogens with two attached hydrogens (primary N) is 1. The molecule has 1 saturated heterocycles. The minimum absolute atomic E-state index is 0.619. The fourth-order valence-corrected chi connectivity index (χ4v) is 4.32. The first-order chi connectivity index (χ1) is 14.2.